The van der Waals surface area contributed by atoms with Gasteiger partial charge in [-0.3, -0.25) is 4.79 Å². The Morgan fingerprint density at radius 3 is 2.43 bits per heavy atom. The fourth-order valence-corrected chi connectivity index (χ4v) is 6.60. The quantitative estimate of drug-likeness (QED) is 0.176. The van der Waals surface area contributed by atoms with Gasteiger partial charge in [0.25, 0.3) is 0 Å². The Balaban J connectivity index is 1.66. The molecule has 5 rings (SSSR count). The Labute approximate surface area is 254 Å². The van der Waals surface area contributed by atoms with Crippen molar-refractivity contribution in [2.45, 2.75) is 63.6 Å². The number of esters is 1. The molecule has 0 amide bonds. The van der Waals surface area contributed by atoms with Crippen LogP contribution in [0, 0.1) is 0 Å². The minimum absolute atomic E-state index is 0.0960. The molecule has 0 aliphatic heterocycles. The molecule has 1 aliphatic carbocycles. The SMILES string of the molecule is CCOC(=O)CC1CCCc2c(-c3ccc(Cl)cc3Cl)cn(C(CCc3ccccc3)c3ccc(C(F)(F)F)cc3)c21. The van der Waals surface area contributed by atoms with Crippen molar-refractivity contribution < 1.29 is 22.7 Å². The molecule has 3 aromatic carbocycles. The van der Waals surface area contributed by atoms with Crippen LogP contribution in [0.2, 0.25) is 10.0 Å². The number of rotatable bonds is 9. The molecule has 0 saturated carbocycles. The number of aromatic nitrogens is 1. The fraction of sp³-hybridized carbons (Fsp3) is 0.324. The molecule has 2 unspecified atom stereocenters. The molecule has 0 fully saturated rings. The van der Waals surface area contributed by atoms with Crippen LogP contribution in [0.25, 0.3) is 11.1 Å². The van der Waals surface area contributed by atoms with Crippen LogP contribution in [-0.2, 0) is 28.5 Å². The highest BCUT2D eigenvalue weighted by Gasteiger charge is 2.34. The number of alkyl halides is 3. The molecule has 0 bridgehead atoms. The summed E-state index contributed by atoms with van der Waals surface area (Å²) >= 11 is 12.9. The fourth-order valence-electron chi connectivity index (χ4n) is 6.09. The van der Waals surface area contributed by atoms with Crippen LogP contribution in [0.4, 0.5) is 13.2 Å². The predicted octanol–water partition coefficient (Wildman–Crippen LogP) is 10.1. The minimum atomic E-state index is -4.42. The summed E-state index contributed by atoms with van der Waals surface area (Å²) in [4.78, 5) is 12.7. The van der Waals surface area contributed by atoms with E-state index >= 15 is 0 Å². The average molecular weight is 615 g/mol. The van der Waals surface area contributed by atoms with Gasteiger partial charge in [-0.25, -0.2) is 0 Å². The van der Waals surface area contributed by atoms with Gasteiger partial charge in [-0.15, -0.1) is 0 Å². The molecule has 1 aromatic heterocycles. The third kappa shape index (κ3) is 6.71. The maximum atomic E-state index is 13.5. The van der Waals surface area contributed by atoms with Crippen molar-refractivity contribution in [1.82, 2.24) is 4.57 Å². The van der Waals surface area contributed by atoms with Crippen LogP contribution < -0.4 is 0 Å². The lowest BCUT2D eigenvalue weighted by atomic mass is 9.83. The van der Waals surface area contributed by atoms with Gasteiger partial charge in [0.2, 0.25) is 0 Å². The van der Waals surface area contributed by atoms with Crippen LogP contribution in [0.3, 0.4) is 0 Å². The molecule has 3 nitrogen and oxygen atoms in total. The first-order chi connectivity index (χ1) is 20.2. The second-order valence-corrected chi connectivity index (χ2v) is 11.5. The van der Waals surface area contributed by atoms with Gasteiger partial charge < -0.3 is 9.30 Å². The smallest absolute Gasteiger partial charge is 0.416 e. The molecule has 0 spiro atoms. The standard InChI is InChI=1S/C34H32Cl2F3NO2/c1-2-42-32(41)19-24-9-6-10-28-29(27-17-16-26(35)20-30(27)36)21-40(33(24)28)31(18-11-22-7-4-3-5-8-22)23-12-14-25(15-13-23)34(37,38)39/h3-5,7-8,12-17,20-21,24,31H,2,6,9-11,18-19H2,1H3. The number of carbonyl (C=O) groups is 1. The Morgan fingerprint density at radius 1 is 1.02 bits per heavy atom. The number of ether oxygens (including phenoxy) is 1. The van der Waals surface area contributed by atoms with Crippen molar-refractivity contribution in [2.75, 3.05) is 6.61 Å². The van der Waals surface area contributed by atoms with Gasteiger partial charge >= 0.3 is 12.1 Å². The molecule has 42 heavy (non-hydrogen) atoms. The highest BCUT2D eigenvalue weighted by Crippen LogP contribution is 2.45. The lowest BCUT2D eigenvalue weighted by Crippen LogP contribution is -2.22. The van der Waals surface area contributed by atoms with Gasteiger partial charge in [-0.2, -0.15) is 13.2 Å². The van der Waals surface area contributed by atoms with E-state index in [4.69, 9.17) is 27.9 Å². The number of fused-ring (bicyclic) bond motifs is 1. The Bertz CT molecular complexity index is 1530. The van der Waals surface area contributed by atoms with Crippen molar-refractivity contribution >= 4 is 29.2 Å². The summed E-state index contributed by atoms with van der Waals surface area (Å²) in [5.41, 5.74) is 5.14. The molecule has 2 atom stereocenters. The van der Waals surface area contributed by atoms with E-state index in [1.54, 1.807) is 31.2 Å². The topological polar surface area (TPSA) is 31.2 Å². The lowest BCUT2D eigenvalue weighted by Gasteiger charge is -2.30. The average Bonchev–Trinajstić information content (AvgIpc) is 3.34. The van der Waals surface area contributed by atoms with E-state index in [1.807, 2.05) is 24.3 Å². The molecule has 4 aromatic rings. The number of hydrogen-bond acceptors (Lipinski definition) is 2. The maximum absolute atomic E-state index is 13.5. The van der Waals surface area contributed by atoms with Gasteiger partial charge in [0.1, 0.15) is 0 Å². The zero-order valence-electron chi connectivity index (χ0n) is 23.3. The number of benzene rings is 3. The van der Waals surface area contributed by atoms with Crippen LogP contribution in [0.5, 0.6) is 0 Å². The summed E-state index contributed by atoms with van der Waals surface area (Å²) < 4.78 is 47.9. The summed E-state index contributed by atoms with van der Waals surface area (Å²) in [6.07, 6.45) is 1.75. The normalized spacial score (nSPS) is 15.7. The van der Waals surface area contributed by atoms with E-state index in [0.29, 0.717) is 23.1 Å². The van der Waals surface area contributed by atoms with E-state index in [0.717, 1.165) is 71.3 Å². The summed E-state index contributed by atoms with van der Waals surface area (Å²) in [5.74, 6) is -0.356. The molecule has 0 saturated heterocycles. The Hall–Kier alpha value is -3.22. The van der Waals surface area contributed by atoms with E-state index in [9.17, 15) is 18.0 Å². The van der Waals surface area contributed by atoms with E-state index in [2.05, 4.69) is 22.9 Å². The van der Waals surface area contributed by atoms with Gasteiger partial charge in [-0.05, 0) is 80.0 Å². The van der Waals surface area contributed by atoms with Crippen LogP contribution >= 0.6 is 23.2 Å². The van der Waals surface area contributed by atoms with Crippen molar-refractivity contribution in [3.05, 3.63) is 117 Å². The van der Waals surface area contributed by atoms with E-state index in [-0.39, 0.29) is 24.3 Å². The minimum Gasteiger partial charge on any atom is -0.466 e. The third-order valence-electron chi connectivity index (χ3n) is 7.99. The number of carbonyl (C=O) groups excluding carboxylic acids is 1. The maximum Gasteiger partial charge on any atom is 0.416 e. The summed E-state index contributed by atoms with van der Waals surface area (Å²) in [5, 5.41) is 1.05. The van der Waals surface area contributed by atoms with Crippen LogP contribution in [0.15, 0.2) is 79.0 Å². The van der Waals surface area contributed by atoms with Crippen LogP contribution in [-0.4, -0.2) is 17.1 Å². The Morgan fingerprint density at radius 2 is 1.76 bits per heavy atom. The first-order valence-electron chi connectivity index (χ1n) is 14.2. The molecule has 8 heteroatoms. The molecule has 0 radical (unpaired) electrons. The molecule has 0 N–H and O–H groups in total. The molecule has 1 aliphatic rings. The third-order valence-corrected chi connectivity index (χ3v) is 8.54. The second-order valence-electron chi connectivity index (χ2n) is 10.7. The number of halogens is 5. The predicted molar refractivity (Wildman–Crippen MR) is 161 cm³/mol. The van der Waals surface area contributed by atoms with Gasteiger partial charge in [0.15, 0.2) is 0 Å². The largest absolute Gasteiger partial charge is 0.466 e. The van der Waals surface area contributed by atoms with Crippen LogP contribution in [0.1, 0.15) is 72.5 Å². The lowest BCUT2D eigenvalue weighted by molar-refractivity contribution is -0.143. The van der Waals surface area contributed by atoms with Crippen molar-refractivity contribution in [3.8, 4) is 11.1 Å². The zero-order valence-corrected chi connectivity index (χ0v) is 24.8. The highest BCUT2D eigenvalue weighted by molar-refractivity contribution is 6.36. The van der Waals surface area contributed by atoms with E-state index < -0.39 is 11.7 Å². The zero-order chi connectivity index (χ0) is 29.9. The molecule has 220 valence electrons. The highest BCUT2D eigenvalue weighted by atomic mass is 35.5. The summed E-state index contributed by atoms with van der Waals surface area (Å²) in [7, 11) is 0. The number of nitrogens with zero attached hydrogens (tertiary/aromatic N) is 1. The second kappa shape index (κ2) is 13.0. The Kier molecular flexibility index (Phi) is 9.34. The van der Waals surface area contributed by atoms with Gasteiger partial charge in [-0.1, -0.05) is 71.7 Å². The molecule has 1 heterocycles. The monoisotopic (exact) mass is 613 g/mol. The van der Waals surface area contributed by atoms with Gasteiger partial charge in [0, 0.05) is 39.0 Å². The van der Waals surface area contributed by atoms with Crippen molar-refractivity contribution in [1.29, 1.82) is 0 Å². The number of hydrogen-bond donors (Lipinski definition) is 0. The molecular weight excluding hydrogens is 582 g/mol. The summed E-state index contributed by atoms with van der Waals surface area (Å²) in [6.45, 7) is 2.09. The number of aryl methyl sites for hydroxylation is 1. The first-order valence-corrected chi connectivity index (χ1v) is 15.0. The molecular formula is C34H32Cl2F3NO2. The van der Waals surface area contributed by atoms with Crippen molar-refractivity contribution in [3.63, 3.8) is 0 Å². The van der Waals surface area contributed by atoms with Gasteiger partial charge in [0.05, 0.1) is 24.6 Å². The van der Waals surface area contributed by atoms with E-state index in [1.165, 1.54) is 0 Å². The summed E-state index contributed by atoms with van der Waals surface area (Å²) in [6, 6.07) is 20.6. The first kappa shape index (κ1) is 30.2. The van der Waals surface area contributed by atoms with Crippen molar-refractivity contribution in [2.24, 2.45) is 0 Å².